The lowest BCUT2D eigenvalue weighted by atomic mass is 9.70. The first-order chi connectivity index (χ1) is 13.6. The zero-order valence-corrected chi connectivity index (χ0v) is 17.2. The van der Waals surface area contributed by atoms with Crippen molar-refractivity contribution in [3.63, 3.8) is 0 Å². The number of fused-ring (bicyclic) bond motifs is 2. The average molecular weight is 417 g/mol. The number of para-hydroxylation sites is 1. The molecule has 1 aromatic heterocycles. The van der Waals surface area contributed by atoms with Gasteiger partial charge in [-0.05, 0) is 36.3 Å². The van der Waals surface area contributed by atoms with Gasteiger partial charge in [-0.1, -0.05) is 32.0 Å². The van der Waals surface area contributed by atoms with Gasteiger partial charge < -0.3 is 5.32 Å². The standard InChI is InChI=1S/C20H24N4O4S/c1-19(2)13-8-9-20(19,16(25)10-13)12-29(27,28)24-15-11-21-23-17(15)18(26)22-14-6-4-3-5-7-14/h3-7,11,13,24H,8-10,12H2,1-2H3,(H,21,23)(H,22,26)/t13?,20-/m0/s1. The minimum atomic E-state index is -3.88. The number of benzene rings is 1. The molecule has 154 valence electrons. The molecule has 0 spiro atoms. The number of sulfonamides is 1. The lowest BCUT2D eigenvalue weighted by Gasteiger charge is -2.36. The van der Waals surface area contributed by atoms with E-state index in [1.165, 1.54) is 6.20 Å². The molecule has 2 bridgehead atoms. The van der Waals surface area contributed by atoms with Crippen LogP contribution >= 0.6 is 0 Å². The third kappa shape index (κ3) is 3.23. The maximum absolute atomic E-state index is 13.0. The Kier molecular flexibility index (Phi) is 4.53. The second kappa shape index (κ2) is 6.69. The number of nitrogens with zero attached hydrogens (tertiary/aromatic N) is 1. The SMILES string of the molecule is CC1(C)C2CC[C@]1(CS(=O)(=O)Nc1cn[nH]c1C(=O)Nc1ccccc1)C(=O)C2. The molecule has 1 aromatic carbocycles. The van der Waals surface area contributed by atoms with Gasteiger partial charge in [0.1, 0.15) is 11.5 Å². The van der Waals surface area contributed by atoms with Crippen LogP contribution in [0.1, 0.15) is 43.6 Å². The Morgan fingerprint density at radius 2 is 2.00 bits per heavy atom. The fourth-order valence-electron chi connectivity index (χ4n) is 4.89. The summed E-state index contributed by atoms with van der Waals surface area (Å²) in [4.78, 5) is 25.2. The summed E-state index contributed by atoms with van der Waals surface area (Å²) in [6.45, 7) is 3.98. The molecular weight excluding hydrogens is 392 g/mol. The van der Waals surface area contributed by atoms with E-state index in [2.05, 4.69) is 20.2 Å². The Balaban J connectivity index is 1.54. The van der Waals surface area contributed by atoms with Gasteiger partial charge in [-0.25, -0.2) is 8.42 Å². The summed E-state index contributed by atoms with van der Waals surface area (Å²) in [5, 5.41) is 9.04. The van der Waals surface area contributed by atoms with Crippen LogP contribution < -0.4 is 10.0 Å². The first kappa shape index (κ1) is 19.6. The predicted octanol–water partition coefficient (Wildman–Crippen LogP) is 2.80. The van der Waals surface area contributed by atoms with Crippen LogP contribution in [0.2, 0.25) is 0 Å². The Hall–Kier alpha value is -2.68. The largest absolute Gasteiger partial charge is 0.321 e. The molecule has 3 N–H and O–H groups in total. The van der Waals surface area contributed by atoms with Crippen molar-refractivity contribution >= 4 is 33.1 Å². The summed E-state index contributed by atoms with van der Waals surface area (Å²) >= 11 is 0. The number of carbonyl (C=O) groups excluding carboxylic acids is 2. The van der Waals surface area contributed by atoms with Crippen LogP contribution in [-0.2, 0) is 14.8 Å². The molecule has 8 nitrogen and oxygen atoms in total. The predicted molar refractivity (Wildman–Crippen MR) is 109 cm³/mol. The van der Waals surface area contributed by atoms with E-state index < -0.39 is 21.3 Å². The highest BCUT2D eigenvalue weighted by molar-refractivity contribution is 7.92. The first-order valence-corrected chi connectivity index (χ1v) is 11.2. The quantitative estimate of drug-likeness (QED) is 0.669. The molecule has 4 rings (SSSR count). The molecule has 29 heavy (non-hydrogen) atoms. The molecule has 2 aliphatic carbocycles. The van der Waals surface area contributed by atoms with Crippen molar-refractivity contribution in [2.75, 3.05) is 15.8 Å². The van der Waals surface area contributed by atoms with E-state index in [1.807, 2.05) is 19.9 Å². The van der Waals surface area contributed by atoms with E-state index >= 15 is 0 Å². The minimum absolute atomic E-state index is 0.0104. The fourth-order valence-corrected chi connectivity index (χ4v) is 6.78. The Labute approximate surface area is 169 Å². The van der Waals surface area contributed by atoms with Crippen molar-refractivity contribution in [2.24, 2.45) is 16.7 Å². The number of anilines is 2. The van der Waals surface area contributed by atoms with Crippen LogP contribution in [0, 0.1) is 16.7 Å². The number of aromatic nitrogens is 2. The smallest absolute Gasteiger partial charge is 0.275 e. The molecule has 2 aliphatic rings. The molecule has 2 atom stereocenters. The van der Waals surface area contributed by atoms with Crippen molar-refractivity contribution in [1.82, 2.24) is 10.2 Å². The highest BCUT2D eigenvalue weighted by Gasteiger charge is 2.65. The van der Waals surface area contributed by atoms with E-state index in [0.717, 1.165) is 6.42 Å². The van der Waals surface area contributed by atoms with Gasteiger partial charge in [0.05, 0.1) is 23.1 Å². The number of carbonyl (C=O) groups is 2. The summed E-state index contributed by atoms with van der Waals surface area (Å²) in [7, 11) is -3.88. The number of ketones is 1. The van der Waals surface area contributed by atoms with E-state index in [9.17, 15) is 18.0 Å². The van der Waals surface area contributed by atoms with Gasteiger partial charge in [-0.15, -0.1) is 0 Å². The third-order valence-electron chi connectivity index (χ3n) is 6.74. The van der Waals surface area contributed by atoms with Crippen molar-refractivity contribution < 1.29 is 18.0 Å². The fraction of sp³-hybridized carbons (Fsp3) is 0.450. The molecule has 9 heteroatoms. The number of aromatic amines is 1. The molecule has 0 saturated heterocycles. The second-order valence-electron chi connectivity index (χ2n) is 8.51. The zero-order valence-electron chi connectivity index (χ0n) is 16.4. The molecule has 1 amide bonds. The summed E-state index contributed by atoms with van der Waals surface area (Å²) in [6.07, 6.45) is 3.15. The number of Topliss-reactive ketones (excluding diaryl/α,β-unsaturated/α-hetero) is 1. The van der Waals surface area contributed by atoms with Crippen LogP contribution in [-0.4, -0.2) is 36.1 Å². The number of nitrogens with one attached hydrogen (secondary N) is 3. The van der Waals surface area contributed by atoms with Gasteiger partial charge in [0.2, 0.25) is 10.0 Å². The molecule has 0 radical (unpaired) electrons. The third-order valence-corrected chi connectivity index (χ3v) is 8.14. The second-order valence-corrected chi connectivity index (χ2v) is 10.2. The molecular formula is C20H24N4O4S. The van der Waals surface area contributed by atoms with Crippen LogP contribution in [0.15, 0.2) is 36.5 Å². The van der Waals surface area contributed by atoms with Crippen molar-refractivity contribution in [3.05, 3.63) is 42.2 Å². The number of hydrogen-bond acceptors (Lipinski definition) is 5. The normalized spacial score (nSPS) is 25.2. The monoisotopic (exact) mass is 416 g/mol. The number of rotatable bonds is 6. The maximum Gasteiger partial charge on any atom is 0.275 e. The van der Waals surface area contributed by atoms with Crippen molar-refractivity contribution in [1.29, 1.82) is 0 Å². The highest BCUT2D eigenvalue weighted by atomic mass is 32.2. The van der Waals surface area contributed by atoms with Gasteiger partial charge in [-0.3, -0.25) is 19.4 Å². The molecule has 0 aliphatic heterocycles. The Morgan fingerprint density at radius 1 is 1.28 bits per heavy atom. The van der Waals surface area contributed by atoms with Crippen molar-refractivity contribution in [2.45, 2.75) is 33.1 Å². The summed E-state index contributed by atoms with van der Waals surface area (Å²) in [5.74, 6) is -0.541. The molecule has 2 saturated carbocycles. The maximum atomic E-state index is 13.0. The number of hydrogen-bond donors (Lipinski definition) is 3. The molecule has 1 unspecified atom stereocenters. The molecule has 2 fully saturated rings. The van der Waals surface area contributed by atoms with Crippen LogP contribution in [0.25, 0.3) is 0 Å². The van der Waals surface area contributed by atoms with E-state index in [4.69, 9.17) is 0 Å². The number of H-pyrrole nitrogens is 1. The minimum Gasteiger partial charge on any atom is -0.321 e. The van der Waals surface area contributed by atoms with Crippen LogP contribution in [0.5, 0.6) is 0 Å². The van der Waals surface area contributed by atoms with E-state index in [1.54, 1.807) is 24.3 Å². The van der Waals surface area contributed by atoms with Crippen molar-refractivity contribution in [3.8, 4) is 0 Å². The lowest BCUT2D eigenvalue weighted by molar-refractivity contribution is -0.128. The highest BCUT2D eigenvalue weighted by Crippen LogP contribution is 2.64. The molecule has 1 heterocycles. The van der Waals surface area contributed by atoms with Gasteiger partial charge in [-0.2, -0.15) is 5.10 Å². The summed E-state index contributed by atoms with van der Waals surface area (Å²) < 4.78 is 28.4. The van der Waals surface area contributed by atoms with Crippen LogP contribution in [0.3, 0.4) is 0 Å². The Bertz CT molecular complexity index is 1060. The van der Waals surface area contributed by atoms with Crippen LogP contribution in [0.4, 0.5) is 11.4 Å². The van der Waals surface area contributed by atoms with Gasteiger partial charge >= 0.3 is 0 Å². The zero-order chi connectivity index (χ0) is 20.9. The first-order valence-electron chi connectivity index (χ1n) is 9.58. The lowest BCUT2D eigenvalue weighted by Crippen LogP contribution is -2.43. The van der Waals surface area contributed by atoms with E-state index in [-0.39, 0.29) is 34.3 Å². The topological polar surface area (TPSA) is 121 Å². The number of amides is 1. The average Bonchev–Trinajstić information content (AvgIpc) is 3.24. The summed E-state index contributed by atoms with van der Waals surface area (Å²) in [5.41, 5.74) is -0.582. The molecule has 2 aromatic rings. The van der Waals surface area contributed by atoms with Gasteiger partial charge in [0.15, 0.2) is 0 Å². The van der Waals surface area contributed by atoms with Gasteiger partial charge in [0, 0.05) is 12.1 Å². The van der Waals surface area contributed by atoms with Gasteiger partial charge in [0.25, 0.3) is 5.91 Å². The Morgan fingerprint density at radius 3 is 2.62 bits per heavy atom. The van der Waals surface area contributed by atoms with E-state index in [0.29, 0.717) is 18.5 Å². The summed E-state index contributed by atoms with van der Waals surface area (Å²) in [6, 6.07) is 8.83.